The van der Waals surface area contributed by atoms with E-state index >= 15 is 0 Å². The third kappa shape index (κ3) is 4.50. The quantitative estimate of drug-likeness (QED) is 0.426. The van der Waals surface area contributed by atoms with Crippen LogP contribution in [-0.2, 0) is 11.2 Å². The molecule has 1 saturated heterocycles. The number of piperidine rings is 1. The van der Waals surface area contributed by atoms with Crippen molar-refractivity contribution in [3.63, 3.8) is 0 Å². The lowest BCUT2D eigenvalue weighted by atomic mass is 10.0. The number of carbonyl (C=O) groups excluding carboxylic acids is 1. The Bertz CT molecular complexity index is 1190. The monoisotopic (exact) mass is 422 g/mol. The molecule has 0 bridgehead atoms. The number of fused-ring (bicyclic) bond motifs is 1. The highest BCUT2D eigenvalue weighted by molar-refractivity contribution is 5.84. The molecule has 4 aromatic rings. The van der Waals surface area contributed by atoms with Crippen molar-refractivity contribution >= 4 is 16.8 Å². The Morgan fingerprint density at radius 3 is 2.34 bits per heavy atom. The molecule has 0 N–H and O–H groups in total. The molecule has 4 heteroatoms. The molecule has 0 atom stereocenters. The first-order valence-electron chi connectivity index (χ1n) is 11.2. The summed E-state index contributed by atoms with van der Waals surface area (Å²) in [6.07, 6.45) is 4.01. The van der Waals surface area contributed by atoms with Crippen molar-refractivity contribution < 1.29 is 9.53 Å². The second-order valence-corrected chi connectivity index (χ2v) is 8.27. The number of likely N-dealkylation sites (tertiary alicyclic amines) is 1. The van der Waals surface area contributed by atoms with Crippen LogP contribution in [0.2, 0.25) is 0 Å². The van der Waals surface area contributed by atoms with Crippen molar-refractivity contribution in [1.29, 1.82) is 0 Å². The molecule has 2 heterocycles. The third-order valence-electron chi connectivity index (χ3n) is 6.10. The van der Waals surface area contributed by atoms with Crippen LogP contribution in [0.25, 0.3) is 22.0 Å². The Hall–Kier alpha value is -3.66. The molecule has 1 aliphatic heterocycles. The molecule has 1 amide bonds. The van der Waals surface area contributed by atoms with E-state index in [1.165, 1.54) is 11.1 Å². The Labute approximate surface area is 188 Å². The topological polar surface area (TPSA) is 42.4 Å². The van der Waals surface area contributed by atoms with Gasteiger partial charge in [-0.25, -0.2) is 0 Å². The smallest absolute Gasteiger partial charge is 0.226 e. The highest BCUT2D eigenvalue weighted by atomic mass is 16.5. The van der Waals surface area contributed by atoms with Crippen molar-refractivity contribution in [3.05, 3.63) is 96.7 Å². The maximum absolute atomic E-state index is 12.8. The number of benzene rings is 3. The molecule has 0 spiro atoms. The van der Waals surface area contributed by atoms with Crippen molar-refractivity contribution in [1.82, 2.24) is 9.88 Å². The Morgan fingerprint density at radius 1 is 0.844 bits per heavy atom. The van der Waals surface area contributed by atoms with Gasteiger partial charge in [0.15, 0.2) is 0 Å². The first-order valence-corrected chi connectivity index (χ1v) is 11.2. The molecule has 4 nitrogen and oxygen atoms in total. The van der Waals surface area contributed by atoms with Crippen LogP contribution in [0, 0.1) is 0 Å². The van der Waals surface area contributed by atoms with E-state index in [-0.39, 0.29) is 12.0 Å². The van der Waals surface area contributed by atoms with Crippen LogP contribution in [0.5, 0.6) is 5.75 Å². The summed E-state index contributed by atoms with van der Waals surface area (Å²) in [5, 5.41) is 1.08. The zero-order valence-electron chi connectivity index (χ0n) is 18.0. The minimum atomic E-state index is 0.108. The molecule has 1 aromatic heterocycles. The zero-order valence-corrected chi connectivity index (χ0v) is 18.0. The highest BCUT2D eigenvalue weighted by Gasteiger charge is 2.24. The fourth-order valence-corrected chi connectivity index (χ4v) is 4.31. The van der Waals surface area contributed by atoms with E-state index in [4.69, 9.17) is 4.74 Å². The predicted octanol–water partition coefficient (Wildman–Crippen LogP) is 5.51. The second kappa shape index (κ2) is 9.23. The van der Waals surface area contributed by atoms with Gasteiger partial charge in [0.05, 0.1) is 6.42 Å². The summed E-state index contributed by atoms with van der Waals surface area (Å²) in [5.74, 6) is 1.01. The lowest BCUT2D eigenvalue weighted by Crippen LogP contribution is -2.42. The zero-order chi connectivity index (χ0) is 21.8. The Balaban J connectivity index is 1.16. The molecule has 1 aliphatic rings. The molecular weight excluding hydrogens is 396 g/mol. The average Bonchev–Trinajstić information content (AvgIpc) is 2.86. The minimum absolute atomic E-state index is 0.108. The maximum Gasteiger partial charge on any atom is 0.226 e. The van der Waals surface area contributed by atoms with E-state index in [1.807, 2.05) is 53.4 Å². The second-order valence-electron chi connectivity index (χ2n) is 8.27. The lowest BCUT2D eigenvalue weighted by molar-refractivity contribution is -0.132. The van der Waals surface area contributed by atoms with Gasteiger partial charge in [0.25, 0.3) is 0 Å². The Kier molecular flexibility index (Phi) is 5.84. The van der Waals surface area contributed by atoms with E-state index in [0.29, 0.717) is 6.42 Å². The normalized spacial score (nSPS) is 14.4. The van der Waals surface area contributed by atoms with Crippen molar-refractivity contribution in [2.75, 3.05) is 13.1 Å². The van der Waals surface area contributed by atoms with Crippen LogP contribution in [0.4, 0.5) is 0 Å². The average molecular weight is 423 g/mol. The molecule has 1 fully saturated rings. The van der Waals surface area contributed by atoms with Gasteiger partial charge < -0.3 is 9.64 Å². The van der Waals surface area contributed by atoms with Gasteiger partial charge in [0.1, 0.15) is 17.4 Å². The molecule has 3 aromatic carbocycles. The number of aromatic nitrogens is 1. The number of nitrogens with zero attached hydrogens (tertiary/aromatic N) is 2. The molecular formula is C28H26N2O2. The van der Waals surface area contributed by atoms with E-state index in [9.17, 15) is 4.79 Å². The van der Waals surface area contributed by atoms with Crippen molar-refractivity contribution in [2.24, 2.45) is 0 Å². The number of hydrogen-bond donors (Lipinski definition) is 0. The summed E-state index contributed by atoms with van der Waals surface area (Å²) in [5.41, 5.74) is 4.30. The lowest BCUT2D eigenvalue weighted by Gasteiger charge is -2.32. The van der Waals surface area contributed by atoms with E-state index < -0.39 is 0 Å². The number of rotatable bonds is 5. The SMILES string of the molecule is O=C(Cc1ccc(-c2ccccc2)cc1)N1CCC(Oc2cccc3cccnc23)CC1. The summed E-state index contributed by atoms with van der Waals surface area (Å²) in [6.45, 7) is 1.45. The number of ether oxygens (including phenoxy) is 1. The van der Waals surface area contributed by atoms with Crippen molar-refractivity contribution in [3.8, 4) is 16.9 Å². The van der Waals surface area contributed by atoms with Gasteiger partial charge in [-0.2, -0.15) is 0 Å². The summed E-state index contributed by atoms with van der Waals surface area (Å²) in [4.78, 5) is 19.3. The first kappa shape index (κ1) is 20.3. The van der Waals surface area contributed by atoms with E-state index in [0.717, 1.165) is 48.1 Å². The third-order valence-corrected chi connectivity index (χ3v) is 6.10. The van der Waals surface area contributed by atoms with Gasteiger partial charge in [-0.15, -0.1) is 0 Å². The van der Waals surface area contributed by atoms with Gasteiger partial charge in [-0.3, -0.25) is 9.78 Å². The fraction of sp³-hybridized carbons (Fsp3) is 0.214. The van der Waals surface area contributed by atoms with Crippen LogP contribution < -0.4 is 4.74 Å². The molecule has 0 aliphatic carbocycles. The van der Waals surface area contributed by atoms with Gasteiger partial charge >= 0.3 is 0 Å². The van der Waals surface area contributed by atoms with Crippen LogP contribution in [0.15, 0.2) is 91.1 Å². The molecule has 0 radical (unpaired) electrons. The summed E-state index contributed by atoms with van der Waals surface area (Å²) in [7, 11) is 0. The maximum atomic E-state index is 12.8. The number of para-hydroxylation sites is 1. The first-order chi connectivity index (χ1) is 15.8. The van der Waals surface area contributed by atoms with Gasteiger partial charge in [0.2, 0.25) is 5.91 Å². The molecule has 160 valence electrons. The molecule has 0 saturated carbocycles. The fourth-order valence-electron chi connectivity index (χ4n) is 4.31. The van der Waals surface area contributed by atoms with Crippen LogP contribution in [0.1, 0.15) is 18.4 Å². The van der Waals surface area contributed by atoms with E-state index in [2.05, 4.69) is 41.4 Å². The number of hydrogen-bond acceptors (Lipinski definition) is 3. The molecule has 0 unspecified atom stereocenters. The summed E-state index contributed by atoms with van der Waals surface area (Å²) in [6, 6.07) is 28.6. The van der Waals surface area contributed by atoms with Crippen LogP contribution in [-0.4, -0.2) is 35.0 Å². The summed E-state index contributed by atoms with van der Waals surface area (Å²) < 4.78 is 6.27. The van der Waals surface area contributed by atoms with Crippen molar-refractivity contribution in [2.45, 2.75) is 25.4 Å². The number of pyridine rings is 1. The van der Waals surface area contributed by atoms with Crippen LogP contribution >= 0.6 is 0 Å². The molecule has 32 heavy (non-hydrogen) atoms. The van der Waals surface area contributed by atoms with Crippen LogP contribution in [0.3, 0.4) is 0 Å². The predicted molar refractivity (Wildman–Crippen MR) is 128 cm³/mol. The van der Waals surface area contributed by atoms with Gasteiger partial charge in [0, 0.05) is 37.5 Å². The standard InChI is InChI=1S/C28H26N2O2/c31-27(20-21-11-13-23(14-12-21)22-6-2-1-3-7-22)30-18-15-25(16-19-30)32-26-10-4-8-24-9-5-17-29-28(24)26/h1-14,17,25H,15-16,18-20H2. The Morgan fingerprint density at radius 2 is 1.56 bits per heavy atom. The van der Waals surface area contributed by atoms with Gasteiger partial charge in [-0.05, 0) is 28.8 Å². The largest absolute Gasteiger partial charge is 0.488 e. The molecule has 5 rings (SSSR count). The summed E-state index contributed by atoms with van der Waals surface area (Å²) >= 11 is 0. The number of amides is 1. The van der Waals surface area contributed by atoms with Gasteiger partial charge in [-0.1, -0.05) is 72.8 Å². The highest BCUT2D eigenvalue weighted by Crippen LogP contribution is 2.26. The minimum Gasteiger partial charge on any atom is -0.488 e. The van der Waals surface area contributed by atoms with E-state index in [1.54, 1.807) is 6.20 Å². The number of carbonyl (C=O) groups is 1.